The lowest BCUT2D eigenvalue weighted by Crippen LogP contribution is -2.77. The van der Waals surface area contributed by atoms with Crippen LogP contribution in [0.2, 0.25) is 0 Å². The van der Waals surface area contributed by atoms with Crippen molar-refractivity contribution in [2.45, 2.75) is 0 Å². The Morgan fingerprint density at radius 2 is 1.66 bits per heavy atom. The Morgan fingerprint density at radius 1 is 1.00 bits per heavy atom. The summed E-state index contributed by atoms with van der Waals surface area (Å²) in [5.74, 6) is 1.73. The van der Waals surface area contributed by atoms with Crippen LogP contribution in [0.1, 0.15) is 0 Å². The smallest absolute Gasteiger partial charge is 0.213 e. The van der Waals surface area contributed by atoms with E-state index in [0.717, 1.165) is 27.8 Å². The highest BCUT2D eigenvalue weighted by Gasteiger charge is 2.10. The fraction of sp³-hybridized carbons (Fsp3) is 0.211. The molecule has 3 aromatic rings. The Hall–Kier alpha value is -2.66. The van der Waals surface area contributed by atoms with Gasteiger partial charge in [-0.05, 0) is 42.5 Å². The number of ether oxygens (including phenoxy) is 2. The molecule has 0 aliphatic carbocycles. The molecule has 0 amide bonds. The predicted molar refractivity (Wildman–Crippen MR) is 90.7 cm³/mol. The van der Waals surface area contributed by atoms with Crippen molar-refractivity contribution in [3.05, 3.63) is 53.9 Å². The summed E-state index contributed by atoms with van der Waals surface area (Å²) in [6.07, 6.45) is 0. The van der Waals surface area contributed by atoms with Crippen LogP contribution < -0.4 is 33.7 Å². The van der Waals surface area contributed by atoms with Gasteiger partial charge >= 0.3 is 0 Å². The first kappa shape index (κ1) is 22.6. The van der Waals surface area contributed by atoms with Gasteiger partial charge in [-0.15, -0.1) is 10.2 Å². The zero-order valence-electron chi connectivity index (χ0n) is 15.7. The fourth-order valence-electron chi connectivity index (χ4n) is 2.51. The molecule has 0 atom stereocenters. The molecule has 0 aliphatic heterocycles. The first-order valence-electron chi connectivity index (χ1n) is 8.30. The Morgan fingerprint density at radius 3 is 2.24 bits per heavy atom. The van der Waals surface area contributed by atoms with Crippen LogP contribution in [-0.2, 0) is 4.74 Å². The number of rotatable bonds is 5. The van der Waals surface area contributed by atoms with E-state index in [9.17, 15) is 5.11 Å². The molecule has 2 N–H and O–H groups in total. The average molecular weight is 426 g/mol. The van der Waals surface area contributed by atoms with E-state index in [1.165, 1.54) is 0 Å². The first-order valence-corrected chi connectivity index (χ1v) is 9.53. The fourth-order valence-corrected chi connectivity index (χ4v) is 2.51. The highest BCUT2D eigenvalue weighted by molar-refractivity contribution is 5.79. The molecule has 2 aromatic carbocycles. The highest BCUT2D eigenvalue weighted by atomic mass is 35.7. The molecule has 1 heterocycles. The Kier molecular flexibility index (Phi) is 7.97. The number of hydrogen-bond acceptors (Lipinski definition) is 8. The van der Waals surface area contributed by atoms with Crippen molar-refractivity contribution in [2.24, 2.45) is 0 Å². The van der Waals surface area contributed by atoms with Crippen LogP contribution in [0, 0.1) is 10.2 Å². The molecule has 0 bridgehead atoms. The van der Waals surface area contributed by atoms with Crippen molar-refractivity contribution in [3.8, 4) is 22.8 Å². The summed E-state index contributed by atoms with van der Waals surface area (Å²) in [5, 5.41) is 11.5. The van der Waals surface area contributed by atoms with Gasteiger partial charge in [0.1, 0.15) is 29.4 Å². The van der Waals surface area contributed by atoms with Crippen molar-refractivity contribution in [1.29, 1.82) is 0 Å². The summed E-state index contributed by atoms with van der Waals surface area (Å²) in [6, 6.07) is 14.7. The van der Waals surface area contributed by atoms with Crippen molar-refractivity contribution in [1.82, 2.24) is 0 Å². The van der Waals surface area contributed by atoms with E-state index in [2.05, 4.69) is 4.99 Å². The Labute approximate surface area is 168 Å². The monoisotopic (exact) mass is 425 g/mol. The van der Waals surface area contributed by atoms with Gasteiger partial charge < -0.3 is 19.0 Å². The lowest BCUT2D eigenvalue weighted by atomic mass is 10.1. The third kappa shape index (κ3) is 7.35. The lowest BCUT2D eigenvalue weighted by molar-refractivity contribution is -2.00. The van der Waals surface area contributed by atoms with Crippen LogP contribution in [0.25, 0.3) is 22.3 Å². The van der Waals surface area contributed by atoms with Crippen LogP contribution in [0.4, 0.5) is 0 Å². The minimum Gasteiger partial charge on any atom is -0.508 e. The zero-order valence-corrected chi connectivity index (χ0v) is 16.5. The molecule has 10 heteroatoms. The van der Waals surface area contributed by atoms with E-state index in [1.54, 1.807) is 32.4 Å². The molecule has 3 rings (SSSR count). The number of benzene rings is 2. The van der Waals surface area contributed by atoms with Crippen LogP contribution in [0.5, 0.6) is 11.5 Å². The molecule has 0 spiro atoms. The lowest BCUT2D eigenvalue weighted by Gasteiger charge is -2.17. The summed E-state index contributed by atoms with van der Waals surface area (Å²) in [4.78, 5) is 3.33. The molecule has 0 radical (unpaired) electrons. The van der Waals surface area contributed by atoms with E-state index < -0.39 is 10.2 Å². The molecule has 1 aromatic heterocycles. The first-order chi connectivity index (χ1) is 13.7. The second kappa shape index (κ2) is 10.2. The standard InChI is InChI=1S/C19H19NO4.ClHO4/c1-22-10-9-20-17-12-19(13-3-6-15(23-2)7-4-13)24-18-8-5-14(21)11-16(17)18;2-1(3,4)5/h3-8,11-12,21H,9-10H2,1-2H3;(H,2,3,4,5). The topological polar surface area (TPSA) is 158 Å². The maximum atomic E-state index is 9.76. The van der Waals surface area contributed by atoms with E-state index in [1.807, 2.05) is 30.3 Å². The normalized spacial score (nSPS) is 11.9. The minimum absolute atomic E-state index is 0.199. The minimum atomic E-state index is -4.94. The Balaban J connectivity index is 0.000000537. The van der Waals surface area contributed by atoms with Gasteiger partial charge in [-0.1, -0.05) is 0 Å². The number of methoxy groups -OCH3 is 2. The number of phenolic OH excluding ortho intramolecular Hbond substituents is 1. The van der Waals surface area contributed by atoms with Gasteiger partial charge in [-0.25, -0.2) is 23.6 Å². The SMILES string of the molecule is COCC[NH+]=c1cc(-c2ccc(OC)cc2)oc2ccc(O)cc12.[O-][Cl+3]([O-])([O-])[O-]. The summed E-state index contributed by atoms with van der Waals surface area (Å²) in [7, 11) is -1.64. The second-order valence-electron chi connectivity index (χ2n) is 5.73. The number of halogens is 1. The van der Waals surface area contributed by atoms with E-state index in [-0.39, 0.29) is 5.75 Å². The number of aromatic hydroxyl groups is 1. The van der Waals surface area contributed by atoms with Gasteiger partial charge in [0.25, 0.3) is 0 Å². The maximum absolute atomic E-state index is 9.76. The van der Waals surface area contributed by atoms with Crippen molar-refractivity contribution in [3.63, 3.8) is 0 Å². The van der Waals surface area contributed by atoms with Crippen LogP contribution in [0.15, 0.2) is 52.9 Å². The van der Waals surface area contributed by atoms with E-state index in [4.69, 9.17) is 32.5 Å². The molecule has 0 fully saturated rings. The highest BCUT2D eigenvalue weighted by Crippen LogP contribution is 2.25. The largest absolute Gasteiger partial charge is 0.508 e. The summed E-state index contributed by atoms with van der Waals surface area (Å²) in [5.41, 5.74) is 1.64. The van der Waals surface area contributed by atoms with Gasteiger partial charge in [0, 0.05) is 12.7 Å². The number of hydrogen-bond donors (Lipinski definition) is 2. The zero-order chi connectivity index (χ0) is 21.4. The predicted octanol–water partition coefficient (Wildman–Crippen LogP) is -3.31. The molecule has 0 aliphatic rings. The van der Waals surface area contributed by atoms with Crippen molar-refractivity contribution < 1.29 is 52.9 Å². The van der Waals surface area contributed by atoms with Crippen LogP contribution in [0.3, 0.4) is 0 Å². The van der Waals surface area contributed by atoms with E-state index in [0.29, 0.717) is 18.7 Å². The van der Waals surface area contributed by atoms with Gasteiger partial charge in [-0.2, -0.15) is 0 Å². The van der Waals surface area contributed by atoms with Crippen LogP contribution in [-0.4, -0.2) is 32.5 Å². The van der Waals surface area contributed by atoms with Gasteiger partial charge in [0.05, 0.1) is 18.6 Å². The summed E-state index contributed by atoms with van der Waals surface area (Å²) >= 11 is 0. The van der Waals surface area contributed by atoms with Gasteiger partial charge in [0.15, 0.2) is 6.54 Å². The maximum Gasteiger partial charge on any atom is 0.213 e. The molecular weight excluding hydrogens is 406 g/mol. The Bertz CT molecular complexity index is 990. The average Bonchev–Trinajstić information content (AvgIpc) is 2.67. The number of fused-ring (bicyclic) bond motifs is 1. The molecule has 156 valence electrons. The van der Waals surface area contributed by atoms with Crippen molar-refractivity contribution in [2.75, 3.05) is 27.4 Å². The second-order valence-corrected chi connectivity index (χ2v) is 6.49. The van der Waals surface area contributed by atoms with Crippen LogP contribution >= 0.6 is 0 Å². The third-order valence-electron chi connectivity index (χ3n) is 3.74. The van der Waals surface area contributed by atoms with Crippen molar-refractivity contribution >= 4 is 11.0 Å². The number of nitrogens with one attached hydrogen (secondary N) is 1. The molecule has 9 nitrogen and oxygen atoms in total. The molecule has 29 heavy (non-hydrogen) atoms. The quantitative estimate of drug-likeness (QED) is 0.402. The molecule has 0 saturated heterocycles. The number of phenols is 1. The summed E-state index contributed by atoms with van der Waals surface area (Å²) in [6.45, 7) is 1.25. The molecule has 0 saturated carbocycles. The molecular formula is C19H20ClNO8. The summed E-state index contributed by atoms with van der Waals surface area (Å²) < 4.78 is 50.3. The van der Waals surface area contributed by atoms with Gasteiger partial charge in [-0.3, -0.25) is 0 Å². The van der Waals surface area contributed by atoms with E-state index >= 15 is 0 Å². The van der Waals surface area contributed by atoms with Gasteiger partial charge in [0.2, 0.25) is 5.36 Å². The molecule has 0 unspecified atom stereocenters. The third-order valence-corrected chi connectivity index (χ3v) is 3.74.